The molecule has 0 aliphatic carbocycles. The Hall–Kier alpha value is -3.09. The summed E-state index contributed by atoms with van der Waals surface area (Å²) in [5, 5.41) is 4.26. The first-order valence-corrected chi connectivity index (χ1v) is 10.1. The third-order valence-electron chi connectivity index (χ3n) is 5.66. The Kier molecular flexibility index (Phi) is 5.61. The fourth-order valence-electron chi connectivity index (χ4n) is 4.07. The lowest BCUT2D eigenvalue weighted by Gasteiger charge is -2.32. The lowest BCUT2D eigenvalue weighted by Crippen LogP contribution is -2.39. The van der Waals surface area contributed by atoms with Crippen molar-refractivity contribution in [1.29, 1.82) is 0 Å². The highest BCUT2D eigenvalue weighted by molar-refractivity contribution is 5.95. The van der Waals surface area contributed by atoms with Gasteiger partial charge < -0.3 is 4.90 Å². The number of amides is 1. The third kappa shape index (κ3) is 4.10. The van der Waals surface area contributed by atoms with Crippen LogP contribution in [0.4, 0.5) is 8.78 Å². The van der Waals surface area contributed by atoms with Crippen molar-refractivity contribution in [2.75, 3.05) is 13.1 Å². The number of likely N-dealkylation sites (tertiary alicyclic amines) is 1. The van der Waals surface area contributed by atoms with E-state index < -0.39 is 11.6 Å². The van der Waals surface area contributed by atoms with Gasteiger partial charge in [-0.05, 0) is 43.5 Å². The second kappa shape index (κ2) is 8.34. The topological polar surface area (TPSA) is 51.0 Å². The van der Waals surface area contributed by atoms with Gasteiger partial charge in [-0.15, -0.1) is 0 Å². The van der Waals surface area contributed by atoms with Crippen LogP contribution in [0.25, 0.3) is 0 Å². The number of carbonyl (C=O) groups is 1. The van der Waals surface area contributed by atoms with Gasteiger partial charge in [0.15, 0.2) is 0 Å². The van der Waals surface area contributed by atoms with Crippen molar-refractivity contribution in [2.45, 2.75) is 32.1 Å². The summed E-state index contributed by atoms with van der Waals surface area (Å²) in [7, 11) is 1.81. The number of aryl methyl sites for hydroxylation is 2. The lowest BCUT2D eigenvalue weighted by molar-refractivity contribution is 0.0705. The molecule has 1 amide bonds. The molecule has 0 N–H and O–H groups in total. The zero-order valence-electron chi connectivity index (χ0n) is 17.1. The summed E-state index contributed by atoms with van der Waals surface area (Å²) in [5.41, 5.74) is 3.06. The summed E-state index contributed by atoms with van der Waals surface area (Å²) < 4.78 is 29.4. The van der Waals surface area contributed by atoms with Gasteiger partial charge in [0.05, 0.1) is 11.3 Å². The number of aromatic nitrogens is 3. The monoisotopic (exact) mass is 410 g/mol. The molecule has 0 radical (unpaired) electrons. The van der Waals surface area contributed by atoms with E-state index in [0.29, 0.717) is 18.7 Å². The minimum atomic E-state index is -0.550. The minimum Gasteiger partial charge on any atom is -0.338 e. The number of hydrogen-bond acceptors (Lipinski definition) is 3. The molecular weight excluding hydrogens is 386 g/mol. The zero-order chi connectivity index (χ0) is 21.3. The second-order valence-corrected chi connectivity index (χ2v) is 7.86. The Morgan fingerprint density at radius 1 is 1.20 bits per heavy atom. The Labute approximate surface area is 174 Å². The maximum atomic E-state index is 13.9. The number of benzene rings is 1. The molecule has 7 heteroatoms. The summed E-state index contributed by atoms with van der Waals surface area (Å²) in [4.78, 5) is 19.3. The minimum absolute atomic E-state index is 0.00283. The molecule has 30 heavy (non-hydrogen) atoms. The van der Waals surface area contributed by atoms with E-state index in [0.717, 1.165) is 29.8 Å². The fourth-order valence-corrected chi connectivity index (χ4v) is 4.07. The molecule has 0 bridgehead atoms. The summed E-state index contributed by atoms with van der Waals surface area (Å²) in [6, 6.07) is 7.65. The van der Waals surface area contributed by atoms with Gasteiger partial charge in [0.2, 0.25) is 0 Å². The van der Waals surface area contributed by atoms with Crippen LogP contribution in [-0.2, 0) is 13.5 Å². The Morgan fingerprint density at radius 2 is 1.97 bits per heavy atom. The molecule has 1 aromatic carbocycles. The van der Waals surface area contributed by atoms with Crippen LogP contribution in [0.3, 0.4) is 0 Å². The van der Waals surface area contributed by atoms with Crippen LogP contribution < -0.4 is 0 Å². The molecule has 2 aromatic heterocycles. The van der Waals surface area contributed by atoms with Crippen LogP contribution in [0.5, 0.6) is 0 Å². The summed E-state index contributed by atoms with van der Waals surface area (Å²) in [5.74, 6) is -0.965. The first kappa shape index (κ1) is 20.2. The normalized spacial score (nSPS) is 16.7. The quantitative estimate of drug-likeness (QED) is 0.653. The number of carbonyl (C=O) groups excluding carboxylic acids is 1. The molecule has 4 rings (SSSR count). The van der Waals surface area contributed by atoms with Gasteiger partial charge >= 0.3 is 0 Å². The number of piperidine rings is 1. The van der Waals surface area contributed by atoms with Gasteiger partial charge in [0, 0.05) is 56.1 Å². The van der Waals surface area contributed by atoms with Crippen LogP contribution in [0.2, 0.25) is 0 Å². The van der Waals surface area contributed by atoms with Crippen molar-refractivity contribution in [2.24, 2.45) is 7.05 Å². The first-order valence-electron chi connectivity index (χ1n) is 10.1. The van der Waals surface area contributed by atoms with E-state index in [1.54, 1.807) is 24.1 Å². The SMILES string of the molecule is Cc1nn(C)cc1C(=O)N1CCCC(c2ccc(Cc3c(F)cccc3F)cn2)C1. The average molecular weight is 410 g/mol. The highest BCUT2D eigenvalue weighted by atomic mass is 19.1. The molecule has 1 fully saturated rings. The van der Waals surface area contributed by atoms with Crippen molar-refractivity contribution in [3.05, 3.63) is 82.4 Å². The molecule has 0 spiro atoms. The smallest absolute Gasteiger partial charge is 0.257 e. The van der Waals surface area contributed by atoms with Crippen molar-refractivity contribution in [3.8, 4) is 0 Å². The van der Waals surface area contributed by atoms with E-state index in [1.165, 1.54) is 18.2 Å². The lowest BCUT2D eigenvalue weighted by atomic mass is 9.93. The Balaban J connectivity index is 1.46. The van der Waals surface area contributed by atoms with E-state index >= 15 is 0 Å². The maximum absolute atomic E-state index is 13.9. The molecule has 5 nitrogen and oxygen atoms in total. The molecule has 1 saturated heterocycles. The van der Waals surface area contributed by atoms with Gasteiger partial charge in [-0.1, -0.05) is 12.1 Å². The predicted molar refractivity (Wildman–Crippen MR) is 109 cm³/mol. The number of rotatable bonds is 4. The largest absolute Gasteiger partial charge is 0.338 e. The molecule has 1 aliphatic rings. The van der Waals surface area contributed by atoms with Crippen molar-refractivity contribution < 1.29 is 13.6 Å². The second-order valence-electron chi connectivity index (χ2n) is 7.86. The standard InChI is InChI=1S/C23H24F2N4O/c1-15-19(14-28(2)27-15)23(30)29-10-4-5-17(13-29)22-9-8-16(12-26-22)11-18-20(24)6-3-7-21(18)25/h3,6-9,12,14,17H,4-5,10-11,13H2,1-2H3. The molecule has 1 aliphatic heterocycles. The van der Waals surface area contributed by atoms with Gasteiger partial charge in [-0.25, -0.2) is 8.78 Å². The molecule has 3 heterocycles. The van der Waals surface area contributed by atoms with Crippen molar-refractivity contribution in [3.63, 3.8) is 0 Å². The van der Waals surface area contributed by atoms with Gasteiger partial charge in [-0.3, -0.25) is 14.5 Å². The highest BCUT2D eigenvalue weighted by Crippen LogP contribution is 2.27. The molecule has 0 saturated carbocycles. The zero-order valence-corrected chi connectivity index (χ0v) is 17.1. The van der Waals surface area contributed by atoms with Crippen LogP contribution >= 0.6 is 0 Å². The fraction of sp³-hybridized carbons (Fsp3) is 0.348. The van der Waals surface area contributed by atoms with E-state index in [2.05, 4.69) is 10.1 Å². The third-order valence-corrected chi connectivity index (χ3v) is 5.66. The number of hydrogen-bond donors (Lipinski definition) is 0. The molecule has 1 unspecified atom stereocenters. The maximum Gasteiger partial charge on any atom is 0.257 e. The van der Waals surface area contributed by atoms with E-state index in [1.807, 2.05) is 24.0 Å². The Morgan fingerprint density at radius 3 is 2.60 bits per heavy atom. The van der Waals surface area contributed by atoms with E-state index in [-0.39, 0.29) is 23.8 Å². The van der Waals surface area contributed by atoms with E-state index in [4.69, 9.17) is 0 Å². The summed E-state index contributed by atoms with van der Waals surface area (Å²) in [6.07, 6.45) is 5.44. The molecule has 1 atom stereocenters. The van der Waals surface area contributed by atoms with E-state index in [9.17, 15) is 13.6 Å². The van der Waals surface area contributed by atoms with Crippen LogP contribution in [0.1, 0.15) is 51.6 Å². The molecule has 156 valence electrons. The Bertz CT molecular complexity index is 1040. The van der Waals surface area contributed by atoms with Crippen molar-refractivity contribution >= 4 is 5.91 Å². The van der Waals surface area contributed by atoms with Crippen LogP contribution in [-0.4, -0.2) is 38.7 Å². The highest BCUT2D eigenvalue weighted by Gasteiger charge is 2.28. The number of pyridine rings is 1. The van der Waals surface area contributed by atoms with Gasteiger partial charge in [-0.2, -0.15) is 5.10 Å². The van der Waals surface area contributed by atoms with Gasteiger partial charge in [0.1, 0.15) is 11.6 Å². The predicted octanol–water partition coefficient (Wildman–Crippen LogP) is 4.01. The number of nitrogens with zero attached hydrogens (tertiary/aromatic N) is 4. The van der Waals surface area contributed by atoms with Crippen LogP contribution in [0, 0.1) is 18.6 Å². The summed E-state index contributed by atoms with van der Waals surface area (Å²) in [6.45, 7) is 3.16. The number of halogens is 2. The molecular formula is C23H24F2N4O. The van der Waals surface area contributed by atoms with Crippen LogP contribution in [0.15, 0.2) is 42.7 Å². The van der Waals surface area contributed by atoms with Gasteiger partial charge in [0.25, 0.3) is 5.91 Å². The molecule has 3 aromatic rings. The first-order chi connectivity index (χ1) is 14.4. The van der Waals surface area contributed by atoms with Crippen molar-refractivity contribution in [1.82, 2.24) is 19.7 Å². The average Bonchev–Trinajstić information content (AvgIpc) is 3.09. The summed E-state index contributed by atoms with van der Waals surface area (Å²) >= 11 is 0.